The van der Waals surface area contributed by atoms with Crippen molar-refractivity contribution in [2.45, 2.75) is 67.2 Å². The molecule has 1 aromatic carbocycles. The zero-order valence-electron chi connectivity index (χ0n) is 16.7. The Kier molecular flexibility index (Phi) is 15.4. The molecule has 0 heterocycles. The molecule has 1 rings (SSSR count). The molecule has 0 aliphatic carbocycles. The first kappa shape index (κ1) is 25.1. The number of imide groups is 1. The Morgan fingerprint density at radius 3 is 1.92 bits per heavy atom. The van der Waals surface area contributed by atoms with Crippen molar-refractivity contribution in [2.75, 3.05) is 12.0 Å². The number of rotatable bonds is 6. The van der Waals surface area contributed by atoms with Crippen LogP contribution in [-0.2, 0) is 25.5 Å². The van der Waals surface area contributed by atoms with E-state index in [4.69, 9.17) is 0 Å². The lowest BCUT2D eigenvalue weighted by Crippen LogP contribution is -2.34. The van der Waals surface area contributed by atoms with E-state index in [9.17, 15) is 14.4 Å². The molecule has 0 saturated carbocycles. The van der Waals surface area contributed by atoms with Gasteiger partial charge in [-0.3, -0.25) is 19.3 Å². The van der Waals surface area contributed by atoms with Crippen molar-refractivity contribution in [3.63, 3.8) is 0 Å². The highest BCUT2D eigenvalue weighted by Gasteiger charge is 2.18. The van der Waals surface area contributed by atoms with Crippen molar-refractivity contribution in [1.29, 1.82) is 0 Å². The normalized spacial score (nSPS) is 8.92. The number of benzene rings is 1. The van der Waals surface area contributed by atoms with E-state index in [1.165, 1.54) is 18.9 Å². The topological polar surface area (TPSA) is 63.7 Å². The summed E-state index contributed by atoms with van der Waals surface area (Å²) in [6, 6.07) is 7.24. The van der Waals surface area contributed by atoms with Gasteiger partial charge in [0.2, 0.25) is 11.8 Å². The van der Waals surface area contributed by atoms with Crippen LogP contribution in [0.4, 0.5) is 5.69 Å². The molecule has 25 heavy (non-hydrogen) atoms. The van der Waals surface area contributed by atoms with E-state index in [-0.39, 0.29) is 24.2 Å². The maximum Gasteiger partial charge on any atom is 0.305 e. The van der Waals surface area contributed by atoms with Crippen molar-refractivity contribution in [3.05, 3.63) is 29.8 Å². The van der Waals surface area contributed by atoms with E-state index in [0.29, 0.717) is 18.5 Å². The van der Waals surface area contributed by atoms with Crippen LogP contribution in [-0.4, -0.2) is 24.9 Å². The molecule has 5 nitrogen and oxygen atoms in total. The zero-order chi connectivity index (χ0) is 19.8. The van der Waals surface area contributed by atoms with Crippen LogP contribution in [0.15, 0.2) is 24.3 Å². The summed E-state index contributed by atoms with van der Waals surface area (Å²) in [6.07, 6.45) is 2.11. The Hall–Kier alpha value is -2.17. The molecule has 0 spiro atoms. The molecule has 1 aromatic rings. The lowest BCUT2D eigenvalue weighted by atomic mass is 10.1. The summed E-state index contributed by atoms with van der Waals surface area (Å²) in [6.45, 7) is 11.1. The summed E-state index contributed by atoms with van der Waals surface area (Å²) < 4.78 is 4.58. The highest BCUT2D eigenvalue weighted by Crippen LogP contribution is 2.18. The fourth-order valence-electron chi connectivity index (χ4n) is 2.01. The number of nitrogens with zero attached hydrogens (tertiary/aromatic N) is 1. The monoisotopic (exact) mass is 351 g/mol. The Labute approximate surface area is 152 Å². The molecule has 0 fully saturated rings. The molecular weight excluding hydrogens is 318 g/mol. The molecule has 0 aliphatic rings. The Balaban J connectivity index is 0. The van der Waals surface area contributed by atoms with Crippen LogP contribution in [0.2, 0.25) is 0 Å². The third-order valence-corrected chi connectivity index (χ3v) is 3.14. The molecule has 0 saturated heterocycles. The van der Waals surface area contributed by atoms with Crippen molar-refractivity contribution >= 4 is 23.5 Å². The number of amides is 2. The van der Waals surface area contributed by atoms with Gasteiger partial charge in [0.15, 0.2) is 0 Å². The van der Waals surface area contributed by atoms with Crippen LogP contribution in [0.1, 0.15) is 66.4 Å². The highest BCUT2D eigenvalue weighted by atomic mass is 16.5. The molecule has 0 atom stereocenters. The first-order valence-corrected chi connectivity index (χ1v) is 8.98. The second kappa shape index (κ2) is 15.4. The minimum atomic E-state index is -0.291. The van der Waals surface area contributed by atoms with Crippen LogP contribution in [0.3, 0.4) is 0 Å². The largest absolute Gasteiger partial charge is 0.469 e. The second-order valence-corrected chi connectivity index (χ2v) is 4.70. The van der Waals surface area contributed by atoms with Gasteiger partial charge < -0.3 is 4.74 Å². The summed E-state index contributed by atoms with van der Waals surface area (Å²) in [5.74, 6) is -0.732. The molecular formula is C20H33NO4. The zero-order valence-corrected chi connectivity index (χ0v) is 16.7. The van der Waals surface area contributed by atoms with E-state index < -0.39 is 0 Å². The molecule has 5 heteroatoms. The van der Waals surface area contributed by atoms with E-state index in [1.54, 1.807) is 19.1 Å². The molecule has 0 radical (unpaired) electrons. The number of hydrogen-bond donors (Lipinski definition) is 0. The van der Waals surface area contributed by atoms with Crippen molar-refractivity contribution in [2.24, 2.45) is 0 Å². The SMILES string of the molecule is CC.CC.CCC(=O)N(C(C)=O)c1ccc(CCCC(=O)OC)cc1. The fourth-order valence-corrected chi connectivity index (χ4v) is 2.01. The van der Waals surface area contributed by atoms with E-state index >= 15 is 0 Å². The quantitative estimate of drug-likeness (QED) is 0.707. The van der Waals surface area contributed by atoms with Gasteiger partial charge >= 0.3 is 5.97 Å². The molecule has 0 aromatic heterocycles. The number of methoxy groups -OCH3 is 1. The third kappa shape index (κ3) is 9.65. The minimum absolute atomic E-state index is 0.220. The minimum Gasteiger partial charge on any atom is -0.469 e. The van der Waals surface area contributed by atoms with Crippen LogP contribution < -0.4 is 4.90 Å². The maximum atomic E-state index is 11.8. The van der Waals surface area contributed by atoms with E-state index in [2.05, 4.69) is 4.74 Å². The number of ether oxygens (including phenoxy) is 1. The van der Waals surface area contributed by atoms with E-state index in [1.807, 2.05) is 39.8 Å². The summed E-state index contributed by atoms with van der Waals surface area (Å²) >= 11 is 0. The van der Waals surface area contributed by atoms with Gasteiger partial charge in [0, 0.05) is 19.8 Å². The summed E-state index contributed by atoms with van der Waals surface area (Å²) in [5, 5.41) is 0. The molecule has 0 aliphatic heterocycles. The van der Waals surface area contributed by atoms with Crippen molar-refractivity contribution in [3.8, 4) is 0 Å². The Morgan fingerprint density at radius 2 is 1.52 bits per heavy atom. The summed E-state index contributed by atoms with van der Waals surface area (Å²) in [5.41, 5.74) is 1.63. The molecule has 0 unspecified atom stereocenters. The van der Waals surface area contributed by atoms with Crippen LogP contribution in [0.25, 0.3) is 0 Å². The van der Waals surface area contributed by atoms with Gasteiger partial charge in [-0.05, 0) is 30.5 Å². The Morgan fingerprint density at radius 1 is 1.00 bits per heavy atom. The van der Waals surface area contributed by atoms with E-state index in [0.717, 1.165) is 12.0 Å². The average Bonchev–Trinajstić information content (AvgIpc) is 2.65. The molecule has 2 amide bonds. The highest BCUT2D eigenvalue weighted by molar-refractivity contribution is 6.13. The van der Waals surface area contributed by atoms with Gasteiger partial charge in [-0.25, -0.2) is 0 Å². The molecule has 142 valence electrons. The fraction of sp³-hybridized carbons (Fsp3) is 0.550. The number of carbonyl (C=O) groups is 3. The summed E-state index contributed by atoms with van der Waals surface area (Å²) in [7, 11) is 1.37. The van der Waals surface area contributed by atoms with Gasteiger partial charge in [0.1, 0.15) is 0 Å². The Bertz CT molecular complexity index is 509. The van der Waals surface area contributed by atoms with Crippen LogP contribution >= 0.6 is 0 Å². The average molecular weight is 351 g/mol. The molecule has 0 bridgehead atoms. The van der Waals surface area contributed by atoms with Crippen molar-refractivity contribution in [1.82, 2.24) is 0 Å². The second-order valence-electron chi connectivity index (χ2n) is 4.70. The van der Waals surface area contributed by atoms with Gasteiger partial charge in [0.25, 0.3) is 0 Å². The van der Waals surface area contributed by atoms with Crippen LogP contribution in [0.5, 0.6) is 0 Å². The van der Waals surface area contributed by atoms with Gasteiger partial charge in [-0.2, -0.15) is 0 Å². The predicted octanol–water partition coefficient (Wildman–Crippen LogP) is 4.52. The number of esters is 1. The van der Waals surface area contributed by atoms with Crippen molar-refractivity contribution < 1.29 is 19.1 Å². The summed E-state index contributed by atoms with van der Waals surface area (Å²) in [4.78, 5) is 35.5. The van der Waals surface area contributed by atoms with Gasteiger partial charge in [-0.1, -0.05) is 46.8 Å². The predicted molar refractivity (Wildman–Crippen MR) is 103 cm³/mol. The first-order valence-electron chi connectivity index (χ1n) is 8.98. The smallest absolute Gasteiger partial charge is 0.305 e. The first-order chi connectivity index (χ1) is 12.0. The lowest BCUT2D eigenvalue weighted by molar-refractivity contribution is -0.140. The standard InChI is InChI=1S/C16H21NO4.2C2H6/c1-4-15(19)17(12(2)18)14-10-8-13(9-11-14)6-5-7-16(20)21-3;2*1-2/h8-11H,4-7H2,1-3H3;2*1-2H3. The number of aryl methyl sites for hydroxylation is 1. The lowest BCUT2D eigenvalue weighted by Gasteiger charge is -2.18. The van der Waals surface area contributed by atoms with Gasteiger partial charge in [0.05, 0.1) is 12.8 Å². The number of anilines is 1. The van der Waals surface area contributed by atoms with Gasteiger partial charge in [-0.15, -0.1) is 0 Å². The number of hydrogen-bond acceptors (Lipinski definition) is 4. The molecule has 0 N–H and O–H groups in total. The maximum absolute atomic E-state index is 11.8. The number of carbonyl (C=O) groups excluding carboxylic acids is 3. The third-order valence-electron chi connectivity index (χ3n) is 3.14. The van der Waals surface area contributed by atoms with Crippen LogP contribution in [0, 0.1) is 0 Å².